The van der Waals surface area contributed by atoms with E-state index in [1.807, 2.05) is 17.5 Å². The maximum atomic E-state index is 12.7. The third-order valence-corrected chi connectivity index (χ3v) is 7.59. The Morgan fingerprint density at radius 2 is 1.41 bits per heavy atom. The number of alkyl halides is 3. The highest BCUT2D eigenvalue weighted by atomic mass is 32.1. The summed E-state index contributed by atoms with van der Waals surface area (Å²) < 4.78 is 31.7. The van der Waals surface area contributed by atoms with Crippen molar-refractivity contribution in [3.05, 3.63) is 76.8 Å². The zero-order valence-corrected chi connectivity index (χ0v) is 23.3. The van der Waals surface area contributed by atoms with Crippen molar-refractivity contribution in [1.82, 2.24) is 20.1 Å². The lowest BCUT2D eigenvalue weighted by Gasteiger charge is -2.34. The number of anilines is 2. The number of nitrogens with one attached hydrogen (secondary N) is 2. The highest BCUT2D eigenvalue weighted by molar-refractivity contribution is 7.14. The van der Waals surface area contributed by atoms with E-state index in [0.717, 1.165) is 76.3 Å². The van der Waals surface area contributed by atoms with Gasteiger partial charge in [-0.15, -0.1) is 11.3 Å². The fraction of sp³-hybridized carbons (Fsp3) is 0.393. The number of carboxylic acid groups (broad SMARTS) is 1. The van der Waals surface area contributed by atoms with E-state index in [1.165, 1.54) is 22.5 Å². The van der Waals surface area contributed by atoms with Gasteiger partial charge in [0, 0.05) is 76.5 Å². The molecule has 13 heteroatoms. The Morgan fingerprint density at radius 3 is 1.95 bits per heavy atom. The second-order valence-electron chi connectivity index (χ2n) is 9.74. The SMILES string of the molecule is O=C(Nc1ccc(CN2CCN(Cc3ccccc3)CC2)cc1)c1csc(N2CCNCC2)n1.O=C(O)C(F)(F)F. The zero-order valence-electron chi connectivity index (χ0n) is 22.4. The van der Waals surface area contributed by atoms with E-state index in [9.17, 15) is 18.0 Å². The lowest BCUT2D eigenvalue weighted by molar-refractivity contribution is -0.192. The fourth-order valence-corrected chi connectivity index (χ4v) is 5.32. The zero-order chi connectivity index (χ0) is 29.2. The molecule has 0 atom stereocenters. The molecule has 2 fully saturated rings. The summed E-state index contributed by atoms with van der Waals surface area (Å²) in [6, 6.07) is 18.9. The van der Waals surface area contributed by atoms with Crippen molar-refractivity contribution in [2.24, 2.45) is 0 Å². The van der Waals surface area contributed by atoms with Crippen LogP contribution in [0, 0.1) is 0 Å². The minimum Gasteiger partial charge on any atom is -0.475 e. The van der Waals surface area contributed by atoms with Crippen LogP contribution in [0.2, 0.25) is 0 Å². The Bertz CT molecular complexity index is 1260. The Morgan fingerprint density at radius 1 is 0.878 bits per heavy atom. The molecule has 2 aliphatic heterocycles. The summed E-state index contributed by atoms with van der Waals surface area (Å²) >= 11 is 1.53. The van der Waals surface area contributed by atoms with Crippen LogP contribution in [-0.4, -0.2) is 90.3 Å². The summed E-state index contributed by atoms with van der Waals surface area (Å²) in [6.45, 7) is 10.1. The van der Waals surface area contributed by atoms with E-state index < -0.39 is 12.1 Å². The minimum absolute atomic E-state index is 0.153. The van der Waals surface area contributed by atoms with Crippen LogP contribution in [0.5, 0.6) is 0 Å². The van der Waals surface area contributed by atoms with Crippen LogP contribution < -0.4 is 15.5 Å². The van der Waals surface area contributed by atoms with Crippen molar-refractivity contribution in [2.75, 3.05) is 62.6 Å². The molecule has 3 heterocycles. The summed E-state index contributed by atoms with van der Waals surface area (Å²) in [5.41, 5.74) is 3.93. The van der Waals surface area contributed by atoms with Crippen LogP contribution in [-0.2, 0) is 17.9 Å². The van der Waals surface area contributed by atoms with Crippen molar-refractivity contribution in [3.8, 4) is 0 Å². The number of carbonyl (C=O) groups is 2. The smallest absolute Gasteiger partial charge is 0.475 e. The number of amides is 1. The lowest BCUT2D eigenvalue weighted by Crippen LogP contribution is -2.45. The number of thiazole rings is 1. The quantitative estimate of drug-likeness (QED) is 0.383. The number of carboxylic acids is 1. The third kappa shape index (κ3) is 9.52. The highest BCUT2D eigenvalue weighted by Crippen LogP contribution is 2.22. The average Bonchev–Trinajstić information content (AvgIpc) is 3.47. The van der Waals surface area contributed by atoms with Crippen molar-refractivity contribution < 1.29 is 27.9 Å². The van der Waals surface area contributed by atoms with Gasteiger partial charge in [-0.05, 0) is 23.3 Å². The average molecular weight is 591 g/mol. The van der Waals surface area contributed by atoms with E-state index in [4.69, 9.17) is 9.90 Å². The molecule has 9 nitrogen and oxygen atoms in total. The van der Waals surface area contributed by atoms with E-state index in [0.29, 0.717) is 5.69 Å². The Labute approximate surface area is 240 Å². The number of aromatic nitrogens is 1. The molecule has 2 aromatic carbocycles. The predicted molar refractivity (Wildman–Crippen MR) is 152 cm³/mol. The van der Waals surface area contributed by atoms with Crippen molar-refractivity contribution >= 4 is 34.0 Å². The molecule has 0 radical (unpaired) electrons. The normalized spacial score (nSPS) is 16.5. The minimum atomic E-state index is -5.08. The third-order valence-electron chi connectivity index (χ3n) is 6.69. The molecule has 0 spiro atoms. The van der Waals surface area contributed by atoms with Crippen LogP contribution in [0.1, 0.15) is 21.6 Å². The molecular weight excluding hydrogens is 557 g/mol. The molecule has 3 aromatic rings. The highest BCUT2D eigenvalue weighted by Gasteiger charge is 2.38. The van der Waals surface area contributed by atoms with Gasteiger partial charge in [0.15, 0.2) is 5.13 Å². The molecule has 0 bridgehead atoms. The maximum Gasteiger partial charge on any atom is 0.490 e. The summed E-state index contributed by atoms with van der Waals surface area (Å²) in [7, 11) is 0. The second-order valence-corrected chi connectivity index (χ2v) is 10.6. The molecule has 5 rings (SSSR count). The first-order chi connectivity index (χ1) is 19.7. The molecule has 2 saturated heterocycles. The van der Waals surface area contributed by atoms with Gasteiger partial charge in [-0.2, -0.15) is 13.2 Å². The van der Waals surface area contributed by atoms with E-state index in [1.54, 1.807) is 0 Å². The number of halogens is 3. The molecule has 0 aliphatic carbocycles. The molecule has 2 aliphatic rings. The summed E-state index contributed by atoms with van der Waals surface area (Å²) in [6.07, 6.45) is -5.08. The van der Waals surface area contributed by atoms with Crippen molar-refractivity contribution in [1.29, 1.82) is 0 Å². The fourth-order valence-electron chi connectivity index (χ4n) is 4.46. The maximum absolute atomic E-state index is 12.7. The van der Waals surface area contributed by atoms with Crippen molar-refractivity contribution in [3.63, 3.8) is 0 Å². The van der Waals surface area contributed by atoms with Gasteiger partial charge in [-0.25, -0.2) is 9.78 Å². The first-order valence-electron chi connectivity index (χ1n) is 13.3. The standard InChI is InChI=1S/C26H32N6OS.C2HF3O2/c33-25(24-20-34-26(29-24)32-12-10-27-11-13-32)28-23-8-6-22(7-9-23)19-31-16-14-30(15-17-31)18-21-4-2-1-3-5-21;3-2(4,5)1(6)7/h1-9,20,27H,10-19H2,(H,28,33);(H,6,7). The van der Waals surface area contributed by atoms with Gasteiger partial charge >= 0.3 is 12.1 Å². The summed E-state index contributed by atoms with van der Waals surface area (Å²) in [5, 5.41) is 16.2. The number of rotatable bonds is 7. The molecule has 0 unspecified atom stereocenters. The van der Waals surface area contributed by atoms with Crippen LogP contribution >= 0.6 is 11.3 Å². The number of hydrogen-bond acceptors (Lipinski definition) is 8. The van der Waals surface area contributed by atoms with Crippen LogP contribution in [0.15, 0.2) is 60.0 Å². The first kappa shape index (κ1) is 30.4. The molecule has 0 saturated carbocycles. The van der Waals surface area contributed by atoms with Crippen LogP contribution in [0.4, 0.5) is 24.0 Å². The Balaban J connectivity index is 0.000000493. The monoisotopic (exact) mass is 590 g/mol. The van der Waals surface area contributed by atoms with Gasteiger partial charge in [0.05, 0.1) is 0 Å². The van der Waals surface area contributed by atoms with Gasteiger partial charge in [0.25, 0.3) is 5.91 Å². The lowest BCUT2D eigenvalue weighted by atomic mass is 10.1. The molecule has 1 amide bonds. The second kappa shape index (κ2) is 14.4. The number of benzene rings is 2. The van der Waals surface area contributed by atoms with Crippen LogP contribution in [0.3, 0.4) is 0 Å². The topological polar surface area (TPSA) is 101 Å². The van der Waals surface area contributed by atoms with Gasteiger partial charge in [-0.3, -0.25) is 14.6 Å². The molecule has 1 aromatic heterocycles. The number of carbonyl (C=O) groups excluding carboxylic acids is 1. The summed E-state index contributed by atoms with van der Waals surface area (Å²) in [5.74, 6) is -2.91. The first-order valence-corrected chi connectivity index (χ1v) is 14.2. The van der Waals surface area contributed by atoms with Gasteiger partial charge in [-0.1, -0.05) is 42.5 Å². The van der Waals surface area contributed by atoms with E-state index in [2.05, 4.69) is 72.8 Å². The van der Waals surface area contributed by atoms with E-state index >= 15 is 0 Å². The van der Waals surface area contributed by atoms with Gasteiger partial charge in [0.2, 0.25) is 0 Å². The molecule has 3 N–H and O–H groups in total. The number of hydrogen-bond donors (Lipinski definition) is 3. The van der Waals surface area contributed by atoms with Gasteiger partial charge < -0.3 is 20.6 Å². The molecule has 220 valence electrons. The van der Waals surface area contributed by atoms with E-state index in [-0.39, 0.29) is 5.91 Å². The molecular formula is C28H33F3N6O3S. The number of piperazine rings is 2. The molecule has 41 heavy (non-hydrogen) atoms. The Hall–Kier alpha value is -3.52. The van der Waals surface area contributed by atoms with Crippen LogP contribution in [0.25, 0.3) is 0 Å². The predicted octanol–water partition coefficient (Wildman–Crippen LogP) is 3.76. The Kier molecular flexibility index (Phi) is 10.7. The largest absolute Gasteiger partial charge is 0.490 e. The summed E-state index contributed by atoms with van der Waals surface area (Å²) in [4.78, 5) is 33.4. The number of nitrogens with zero attached hydrogens (tertiary/aromatic N) is 4. The van der Waals surface area contributed by atoms with Crippen molar-refractivity contribution in [2.45, 2.75) is 19.3 Å². The number of aliphatic carboxylic acids is 1. The van der Waals surface area contributed by atoms with Gasteiger partial charge in [0.1, 0.15) is 5.69 Å².